The van der Waals surface area contributed by atoms with Crippen molar-refractivity contribution in [3.63, 3.8) is 0 Å². The van der Waals surface area contributed by atoms with Gasteiger partial charge in [-0.3, -0.25) is 0 Å². The molecule has 1 heterocycles. The molecule has 0 aliphatic heterocycles. The van der Waals surface area contributed by atoms with Crippen molar-refractivity contribution in [1.29, 1.82) is 0 Å². The molecule has 7 heteroatoms. The van der Waals surface area contributed by atoms with Crippen LogP contribution >= 0.6 is 0 Å². The lowest BCUT2D eigenvalue weighted by atomic mass is 10.1. The van der Waals surface area contributed by atoms with E-state index in [1.54, 1.807) is 14.2 Å². The number of hydrogen-bond donors (Lipinski definition) is 3. The lowest BCUT2D eigenvalue weighted by Crippen LogP contribution is -2.30. The fraction of sp³-hybridized carbons (Fsp3) is 0.500. The smallest absolute Gasteiger partial charge is 0.225 e. The standard InChI is InChI=1S/C20H28N4O3/c1-12(2)18(11-25)23-20-22-17(13-5-6-13)10-19(24-20)21-14-7-15(26-3)9-16(8-14)27-4/h7-10,12-13,18,25H,5-6,11H2,1-4H3,(H2,21,22,23,24)/t18-/m1/s1. The number of nitrogens with one attached hydrogen (secondary N) is 2. The van der Waals surface area contributed by atoms with Gasteiger partial charge in [0.15, 0.2) is 0 Å². The molecule has 0 bridgehead atoms. The molecule has 7 nitrogen and oxygen atoms in total. The molecule has 27 heavy (non-hydrogen) atoms. The third kappa shape index (κ3) is 5.01. The zero-order chi connectivity index (χ0) is 19.4. The Hall–Kier alpha value is -2.54. The number of anilines is 3. The van der Waals surface area contributed by atoms with E-state index in [1.807, 2.05) is 24.3 Å². The van der Waals surface area contributed by atoms with Gasteiger partial charge in [0.05, 0.1) is 32.6 Å². The van der Waals surface area contributed by atoms with Crippen LogP contribution in [0.1, 0.15) is 38.3 Å². The van der Waals surface area contributed by atoms with Crippen LogP contribution in [0.2, 0.25) is 0 Å². The van der Waals surface area contributed by atoms with Crippen molar-refractivity contribution in [2.75, 3.05) is 31.5 Å². The number of aromatic nitrogens is 2. The highest BCUT2D eigenvalue weighted by Gasteiger charge is 2.26. The SMILES string of the molecule is COc1cc(Nc2cc(C3CC3)nc(N[C@H](CO)C(C)C)n2)cc(OC)c1. The number of nitrogens with zero attached hydrogens (tertiary/aromatic N) is 2. The number of hydrogen-bond acceptors (Lipinski definition) is 7. The summed E-state index contributed by atoms with van der Waals surface area (Å²) < 4.78 is 10.7. The summed E-state index contributed by atoms with van der Waals surface area (Å²) >= 11 is 0. The van der Waals surface area contributed by atoms with Crippen LogP contribution in [0.15, 0.2) is 24.3 Å². The van der Waals surface area contributed by atoms with E-state index in [2.05, 4.69) is 34.4 Å². The maximum absolute atomic E-state index is 9.61. The molecular formula is C20H28N4O3. The van der Waals surface area contributed by atoms with Gasteiger partial charge in [-0.2, -0.15) is 4.98 Å². The van der Waals surface area contributed by atoms with Gasteiger partial charge < -0.3 is 25.2 Å². The van der Waals surface area contributed by atoms with Crippen LogP contribution < -0.4 is 20.1 Å². The maximum atomic E-state index is 9.61. The third-order valence-electron chi connectivity index (χ3n) is 4.68. The number of rotatable bonds is 9. The van der Waals surface area contributed by atoms with E-state index in [1.165, 1.54) is 0 Å². The van der Waals surface area contributed by atoms with Gasteiger partial charge >= 0.3 is 0 Å². The molecule has 1 saturated carbocycles. The second-order valence-electron chi connectivity index (χ2n) is 7.18. The lowest BCUT2D eigenvalue weighted by Gasteiger charge is -2.20. The summed E-state index contributed by atoms with van der Waals surface area (Å²) in [5, 5.41) is 16.2. The molecule has 3 N–H and O–H groups in total. The van der Waals surface area contributed by atoms with E-state index >= 15 is 0 Å². The summed E-state index contributed by atoms with van der Waals surface area (Å²) in [5.41, 5.74) is 1.84. The molecule has 0 radical (unpaired) electrons. The van der Waals surface area contributed by atoms with Gasteiger partial charge in [-0.1, -0.05) is 13.8 Å². The maximum Gasteiger partial charge on any atom is 0.225 e. The molecule has 1 fully saturated rings. The van der Waals surface area contributed by atoms with E-state index in [9.17, 15) is 5.11 Å². The van der Waals surface area contributed by atoms with Crippen molar-refractivity contribution < 1.29 is 14.6 Å². The molecule has 1 aliphatic carbocycles. The number of ether oxygens (including phenoxy) is 2. The van der Waals surface area contributed by atoms with Crippen LogP contribution in [0.25, 0.3) is 0 Å². The van der Waals surface area contributed by atoms with Gasteiger partial charge in [-0.05, 0) is 18.8 Å². The van der Waals surface area contributed by atoms with Gasteiger partial charge in [0.1, 0.15) is 17.3 Å². The van der Waals surface area contributed by atoms with E-state index in [-0.39, 0.29) is 18.6 Å². The minimum Gasteiger partial charge on any atom is -0.497 e. The largest absolute Gasteiger partial charge is 0.497 e. The van der Waals surface area contributed by atoms with Gasteiger partial charge in [0.25, 0.3) is 0 Å². The van der Waals surface area contributed by atoms with Crippen molar-refractivity contribution in [1.82, 2.24) is 9.97 Å². The zero-order valence-corrected chi connectivity index (χ0v) is 16.3. The average Bonchev–Trinajstić information content (AvgIpc) is 3.50. The van der Waals surface area contributed by atoms with Crippen LogP contribution in [-0.2, 0) is 0 Å². The van der Waals surface area contributed by atoms with Crippen molar-refractivity contribution in [2.45, 2.75) is 38.6 Å². The second-order valence-corrected chi connectivity index (χ2v) is 7.18. The van der Waals surface area contributed by atoms with Crippen LogP contribution in [-0.4, -0.2) is 41.9 Å². The zero-order valence-electron chi connectivity index (χ0n) is 16.3. The first-order valence-electron chi connectivity index (χ1n) is 9.28. The number of aliphatic hydroxyl groups excluding tert-OH is 1. The molecule has 0 saturated heterocycles. The fourth-order valence-corrected chi connectivity index (χ4v) is 2.80. The Bertz CT molecular complexity index is 756. The van der Waals surface area contributed by atoms with Gasteiger partial charge in [0.2, 0.25) is 5.95 Å². The molecule has 0 amide bonds. The number of benzene rings is 1. The Kier molecular flexibility index (Phi) is 6.01. The van der Waals surface area contributed by atoms with Crippen LogP contribution in [0, 0.1) is 5.92 Å². The molecule has 1 aromatic carbocycles. The first-order valence-corrected chi connectivity index (χ1v) is 9.28. The highest BCUT2D eigenvalue weighted by atomic mass is 16.5. The molecule has 3 rings (SSSR count). The van der Waals surface area contributed by atoms with E-state index in [0.29, 0.717) is 29.2 Å². The Morgan fingerprint density at radius 2 is 1.74 bits per heavy atom. The highest BCUT2D eigenvalue weighted by molar-refractivity contribution is 5.62. The summed E-state index contributed by atoms with van der Waals surface area (Å²) in [6.07, 6.45) is 2.30. The first-order chi connectivity index (χ1) is 13.0. The summed E-state index contributed by atoms with van der Waals surface area (Å²) in [6, 6.07) is 7.49. The van der Waals surface area contributed by atoms with E-state index in [0.717, 1.165) is 24.2 Å². The lowest BCUT2D eigenvalue weighted by molar-refractivity contribution is 0.248. The van der Waals surface area contributed by atoms with Crippen LogP contribution in [0.5, 0.6) is 11.5 Å². The number of methoxy groups -OCH3 is 2. The molecule has 1 aromatic heterocycles. The minimum atomic E-state index is -0.0933. The van der Waals surface area contributed by atoms with Crippen LogP contribution in [0.3, 0.4) is 0 Å². The third-order valence-corrected chi connectivity index (χ3v) is 4.68. The molecule has 1 atom stereocenters. The van der Waals surface area contributed by atoms with E-state index in [4.69, 9.17) is 9.47 Å². The highest BCUT2D eigenvalue weighted by Crippen LogP contribution is 2.40. The molecule has 2 aromatic rings. The van der Waals surface area contributed by atoms with Gasteiger partial charge in [-0.25, -0.2) is 4.98 Å². The predicted octanol–water partition coefficient (Wildman–Crippen LogP) is 3.54. The normalized spacial score (nSPS) is 14.7. The fourth-order valence-electron chi connectivity index (χ4n) is 2.80. The Labute approximate surface area is 160 Å². The summed E-state index contributed by atoms with van der Waals surface area (Å²) in [7, 11) is 3.24. The van der Waals surface area contributed by atoms with Gasteiger partial charge in [-0.15, -0.1) is 0 Å². The second kappa shape index (κ2) is 8.43. The monoisotopic (exact) mass is 372 g/mol. The molecular weight excluding hydrogens is 344 g/mol. The van der Waals surface area contributed by atoms with Crippen molar-refractivity contribution in [3.8, 4) is 11.5 Å². The molecule has 1 aliphatic rings. The average molecular weight is 372 g/mol. The summed E-state index contributed by atoms with van der Waals surface area (Å²) in [6.45, 7) is 4.14. The van der Waals surface area contributed by atoms with E-state index < -0.39 is 0 Å². The molecule has 146 valence electrons. The summed E-state index contributed by atoms with van der Waals surface area (Å²) in [4.78, 5) is 9.25. The minimum absolute atomic E-state index is 0.0323. The summed E-state index contributed by atoms with van der Waals surface area (Å²) in [5.74, 6) is 3.39. The van der Waals surface area contributed by atoms with Crippen molar-refractivity contribution in [2.24, 2.45) is 5.92 Å². The Balaban J connectivity index is 1.88. The first kappa shape index (κ1) is 19.2. The van der Waals surface area contributed by atoms with Crippen LogP contribution in [0.4, 0.5) is 17.5 Å². The van der Waals surface area contributed by atoms with Crippen molar-refractivity contribution in [3.05, 3.63) is 30.0 Å². The van der Waals surface area contributed by atoms with Gasteiger partial charge in [0, 0.05) is 35.9 Å². The molecule has 0 spiro atoms. The quantitative estimate of drug-likeness (QED) is 0.620. The molecule has 0 unspecified atom stereocenters. The number of aliphatic hydroxyl groups is 1. The predicted molar refractivity (Wildman–Crippen MR) is 106 cm³/mol. The Morgan fingerprint density at radius 3 is 2.26 bits per heavy atom. The Morgan fingerprint density at radius 1 is 1.07 bits per heavy atom. The van der Waals surface area contributed by atoms with Crippen molar-refractivity contribution >= 4 is 17.5 Å². The topological polar surface area (TPSA) is 88.5 Å².